The van der Waals surface area contributed by atoms with E-state index in [4.69, 9.17) is 5.10 Å². The van der Waals surface area contributed by atoms with E-state index in [1.165, 1.54) is 11.6 Å². The predicted octanol–water partition coefficient (Wildman–Crippen LogP) is 3.32. The van der Waals surface area contributed by atoms with Gasteiger partial charge >= 0.3 is 5.92 Å². The average molecular weight is 491 g/mol. The lowest BCUT2D eigenvalue weighted by Gasteiger charge is -2.33. The van der Waals surface area contributed by atoms with Crippen molar-refractivity contribution < 1.29 is 18.0 Å². The molecule has 1 aliphatic heterocycles. The number of rotatable bonds is 7. The molecular weight excluding hydrogens is 461 g/mol. The molecule has 0 spiro atoms. The minimum absolute atomic E-state index is 0.174. The molecule has 35 heavy (non-hydrogen) atoms. The number of aromatic nitrogens is 5. The molecule has 0 aromatic carbocycles. The van der Waals surface area contributed by atoms with Crippen LogP contribution in [-0.2, 0) is 17.1 Å². The van der Waals surface area contributed by atoms with Crippen LogP contribution in [0.5, 0.6) is 0 Å². The number of fused-ring (bicyclic) bond motifs is 1. The Labute approximate surface area is 201 Å². The SMILES string of the molecule is CCc1cc(-n2nc(N3CCC(CF)(N(C)C)C3)c3cnc(NC(C)=O)cc32)nc(C(C)(F)F)n1. The first-order valence-corrected chi connectivity index (χ1v) is 11.4. The third-order valence-corrected chi connectivity index (χ3v) is 6.42. The zero-order chi connectivity index (χ0) is 25.5. The fourth-order valence-electron chi connectivity index (χ4n) is 4.25. The van der Waals surface area contributed by atoms with E-state index in [0.717, 1.165) is 6.92 Å². The minimum Gasteiger partial charge on any atom is -0.353 e. The monoisotopic (exact) mass is 490 g/mol. The van der Waals surface area contributed by atoms with Crippen LogP contribution in [-0.4, -0.2) is 74.9 Å². The number of amides is 1. The summed E-state index contributed by atoms with van der Waals surface area (Å²) in [6.07, 6.45) is 2.60. The fourth-order valence-corrected chi connectivity index (χ4v) is 4.25. The third kappa shape index (κ3) is 4.66. The van der Waals surface area contributed by atoms with Gasteiger partial charge in [0.2, 0.25) is 11.7 Å². The van der Waals surface area contributed by atoms with Gasteiger partial charge in [0.1, 0.15) is 12.5 Å². The van der Waals surface area contributed by atoms with Crippen molar-refractivity contribution in [1.29, 1.82) is 0 Å². The molecule has 1 N–H and O–H groups in total. The maximum absolute atomic E-state index is 14.2. The van der Waals surface area contributed by atoms with E-state index in [0.29, 0.717) is 48.3 Å². The molecule has 0 aliphatic carbocycles. The van der Waals surface area contributed by atoms with Gasteiger partial charge in [0, 0.05) is 51.0 Å². The summed E-state index contributed by atoms with van der Waals surface area (Å²) in [5, 5.41) is 8.00. The Bertz CT molecular complexity index is 1260. The summed E-state index contributed by atoms with van der Waals surface area (Å²) in [4.78, 5) is 27.9. The summed E-state index contributed by atoms with van der Waals surface area (Å²) < 4.78 is 43.9. The van der Waals surface area contributed by atoms with Gasteiger partial charge in [-0.25, -0.2) is 24.0 Å². The van der Waals surface area contributed by atoms with Crippen LogP contribution in [0.4, 0.5) is 24.8 Å². The summed E-state index contributed by atoms with van der Waals surface area (Å²) in [5.41, 5.74) is 0.312. The van der Waals surface area contributed by atoms with Crippen molar-refractivity contribution in [3.05, 3.63) is 29.8 Å². The maximum Gasteiger partial charge on any atom is 0.303 e. The molecule has 1 amide bonds. The maximum atomic E-state index is 14.2. The Morgan fingerprint density at radius 2 is 2.03 bits per heavy atom. The number of nitrogens with zero attached hydrogens (tertiary/aromatic N) is 7. The molecule has 3 aromatic heterocycles. The van der Waals surface area contributed by atoms with Crippen molar-refractivity contribution in [3.8, 4) is 5.82 Å². The van der Waals surface area contributed by atoms with Crippen LogP contribution in [0.3, 0.4) is 0 Å². The van der Waals surface area contributed by atoms with E-state index < -0.39 is 24.0 Å². The number of carbonyl (C=O) groups excluding carboxylic acids is 1. The number of halogens is 3. The van der Waals surface area contributed by atoms with Gasteiger partial charge in [-0.1, -0.05) is 6.92 Å². The Balaban J connectivity index is 1.90. The summed E-state index contributed by atoms with van der Waals surface area (Å²) in [6.45, 7) is 4.38. The summed E-state index contributed by atoms with van der Waals surface area (Å²) in [6, 6.07) is 3.23. The highest BCUT2D eigenvalue weighted by atomic mass is 19.3. The van der Waals surface area contributed by atoms with Gasteiger partial charge in [-0.2, -0.15) is 8.78 Å². The number of alkyl halides is 3. The first kappa shape index (κ1) is 24.8. The van der Waals surface area contributed by atoms with Crippen LogP contribution in [0.15, 0.2) is 18.3 Å². The zero-order valence-electron chi connectivity index (χ0n) is 20.4. The van der Waals surface area contributed by atoms with Crippen LogP contribution >= 0.6 is 0 Å². The molecule has 1 saturated heterocycles. The Morgan fingerprint density at radius 1 is 1.29 bits per heavy atom. The summed E-state index contributed by atoms with van der Waals surface area (Å²) in [5.74, 6) is -3.14. The minimum atomic E-state index is -3.24. The molecule has 9 nitrogen and oxygen atoms in total. The first-order valence-electron chi connectivity index (χ1n) is 11.4. The van der Waals surface area contributed by atoms with Crippen molar-refractivity contribution in [3.63, 3.8) is 0 Å². The quantitative estimate of drug-likeness (QED) is 0.543. The van der Waals surface area contributed by atoms with E-state index in [-0.39, 0.29) is 17.5 Å². The zero-order valence-corrected chi connectivity index (χ0v) is 20.4. The van der Waals surface area contributed by atoms with Crippen molar-refractivity contribution in [2.45, 2.75) is 45.1 Å². The topological polar surface area (TPSA) is 92.1 Å². The third-order valence-electron chi connectivity index (χ3n) is 6.42. The lowest BCUT2D eigenvalue weighted by molar-refractivity contribution is -0.114. The molecule has 4 heterocycles. The van der Waals surface area contributed by atoms with Crippen LogP contribution < -0.4 is 10.2 Å². The number of carbonyl (C=O) groups is 1. The first-order chi connectivity index (χ1) is 16.5. The van der Waals surface area contributed by atoms with Gasteiger partial charge in [-0.15, -0.1) is 5.10 Å². The van der Waals surface area contributed by atoms with Gasteiger partial charge in [0.05, 0.1) is 16.4 Å². The van der Waals surface area contributed by atoms with Gasteiger partial charge in [-0.3, -0.25) is 9.69 Å². The molecule has 1 aliphatic rings. The van der Waals surface area contributed by atoms with E-state index in [1.807, 2.05) is 30.8 Å². The van der Waals surface area contributed by atoms with Crippen molar-refractivity contribution >= 4 is 28.4 Å². The van der Waals surface area contributed by atoms with Gasteiger partial charge in [0.25, 0.3) is 0 Å². The van der Waals surface area contributed by atoms with Crippen molar-refractivity contribution in [2.75, 3.05) is 44.1 Å². The normalized spacial score (nSPS) is 18.6. The Kier molecular flexibility index (Phi) is 6.43. The number of anilines is 2. The molecular formula is C23H29F3N8O. The second-order valence-electron chi connectivity index (χ2n) is 9.21. The predicted molar refractivity (Wildman–Crippen MR) is 127 cm³/mol. The average Bonchev–Trinajstić information content (AvgIpc) is 3.40. The Morgan fingerprint density at radius 3 is 2.60 bits per heavy atom. The lowest BCUT2D eigenvalue weighted by atomic mass is 9.99. The summed E-state index contributed by atoms with van der Waals surface area (Å²) in [7, 11) is 3.70. The molecule has 4 rings (SSSR count). The van der Waals surface area contributed by atoms with Crippen LogP contribution in [0, 0.1) is 0 Å². The van der Waals surface area contributed by atoms with E-state index in [2.05, 4.69) is 20.3 Å². The van der Waals surface area contributed by atoms with Gasteiger partial charge < -0.3 is 10.2 Å². The number of hydrogen-bond donors (Lipinski definition) is 1. The lowest BCUT2D eigenvalue weighted by Crippen LogP contribution is -2.48. The highest BCUT2D eigenvalue weighted by Gasteiger charge is 2.41. The van der Waals surface area contributed by atoms with E-state index in [9.17, 15) is 18.0 Å². The highest BCUT2D eigenvalue weighted by Crippen LogP contribution is 2.36. The molecule has 0 radical (unpaired) electrons. The number of likely N-dealkylation sites (N-methyl/N-ethyl adjacent to an activating group) is 1. The van der Waals surface area contributed by atoms with Crippen LogP contribution in [0.2, 0.25) is 0 Å². The second-order valence-corrected chi connectivity index (χ2v) is 9.21. The van der Waals surface area contributed by atoms with E-state index >= 15 is 0 Å². The Hall–Kier alpha value is -3.28. The summed E-state index contributed by atoms with van der Waals surface area (Å²) >= 11 is 0. The standard InChI is InChI=1S/C23H29F3N8O/c1-6-15-9-19(30-21(29-15)22(3,25)26)34-17-10-18(28-14(2)35)27-11-16(17)20(31-34)33-8-7-23(12-24,13-33)32(4)5/h9-11H,6-8,12-13H2,1-5H3,(H,27,28,35). The number of nitrogens with one attached hydrogen (secondary N) is 1. The van der Waals surface area contributed by atoms with Crippen LogP contribution in [0.1, 0.15) is 38.7 Å². The molecule has 0 bridgehead atoms. The van der Waals surface area contributed by atoms with Gasteiger partial charge in [-0.05, 0) is 26.9 Å². The molecule has 1 atom stereocenters. The molecule has 188 valence electrons. The second kappa shape index (κ2) is 9.06. The molecule has 12 heteroatoms. The number of hydrogen-bond acceptors (Lipinski definition) is 7. The molecule has 0 saturated carbocycles. The van der Waals surface area contributed by atoms with Gasteiger partial charge in [0.15, 0.2) is 11.6 Å². The number of aryl methyl sites for hydroxylation is 1. The van der Waals surface area contributed by atoms with Crippen molar-refractivity contribution in [2.24, 2.45) is 0 Å². The smallest absolute Gasteiger partial charge is 0.303 e. The molecule has 1 fully saturated rings. The van der Waals surface area contributed by atoms with Crippen molar-refractivity contribution in [1.82, 2.24) is 29.6 Å². The largest absolute Gasteiger partial charge is 0.353 e. The van der Waals surface area contributed by atoms with E-state index in [1.54, 1.807) is 18.3 Å². The molecule has 1 unspecified atom stereocenters. The highest BCUT2D eigenvalue weighted by molar-refractivity contribution is 5.95. The molecule has 3 aromatic rings. The number of pyridine rings is 1. The van der Waals surface area contributed by atoms with Crippen LogP contribution in [0.25, 0.3) is 16.7 Å². The fraction of sp³-hybridized carbons (Fsp3) is 0.522.